The summed E-state index contributed by atoms with van der Waals surface area (Å²) in [6.07, 6.45) is 3.64. The number of nitriles is 1. The first-order chi connectivity index (χ1) is 15.8. The molecule has 0 aliphatic carbocycles. The molecule has 3 rings (SSSR count). The molecule has 2 aromatic heterocycles. The molecule has 1 amide bonds. The van der Waals surface area contributed by atoms with Crippen molar-refractivity contribution in [3.63, 3.8) is 0 Å². The van der Waals surface area contributed by atoms with E-state index in [0.29, 0.717) is 22.2 Å². The first-order valence-electron chi connectivity index (χ1n) is 9.99. The van der Waals surface area contributed by atoms with Crippen molar-refractivity contribution in [1.29, 1.82) is 5.26 Å². The van der Waals surface area contributed by atoms with Crippen LogP contribution in [-0.2, 0) is 21.2 Å². The lowest BCUT2D eigenvalue weighted by Crippen LogP contribution is -2.16. The summed E-state index contributed by atoms with van der Waals surface area (Å²) in [5.41, 5.74) is 1.74. The first-order valence-corrected chi connectivity index (χ1v) is 12.5. The Bertz CT molecular complexity index is 1260. The van der Waals surface area contributed by atoms with Crippen LogP contribution in [0.3, 0.4) is 0 Å². The highest BCUT2D eigenvalue weighted by molar-refractivity contribution is 8.00. The van der Waals surface area contributed by atoms with Crippen molar-refractivity contribution in [1.82, 2.24) is 15.0 Å². The van der Waals surface area contributed by atoms with Gasteiger partial charge in [0.05, 0.1) is 16.2 Å². The van der Waals surface area contributed by atoms with Gasteiger partial charge >= 0.3 is 0 Å². The maximum atomic E-state index is 12.4. The van der Waals surface area contributed by atoms with Gasteiger partial charge in [-0.15, -0.1) is 0 Å². The van der Waals surface area contributed by atoms with Gasteiger partial charge in [-0.1, -0.05) is 25.6 Å². The molecule has 2 heterocycles. The molecule has 1 aromatic carbocycles. The van der Waals surface area contributed by atoms with E-state index in [9.17, 15) is 18.5 Å². The van der Waals surface area contributed by atoms with Crippen molar-refractivity contribution in [3.8, 4) is 6.07 Å². The summed E-state index contributed by atoms with van der Waals surface area (Å²) in [6.45, 7) is 4.17. The van der Waals surface area contributed by atoms with Crippen molar-refractivity contribution in [2.45, 2.75) is 30.2 Å². The van der Waals surface area contributed by atoms with Crippen LogP contribution in [0.5, 0.6) is 0 Å². The molecule has 170 valence electrons. The molecule has 0 atom stereocenters. The second kappa shape index (κ2) is 10.9. The highest BCUT2D eigenvalue weighted by Gasteiger charge is 2.16. The summed E-state index contributed by atoms with van der Waals surface area (Å²) in [4.78, 5) is 24.6. The largest absolute Gasteiger partial charge is 0.325 e. The summed E-state index contributed by atoms with van der Waals surface area (Å²) in [5, 5.41) is 12.5. The van der Waals surface area contributed by atoms with Crippen LogP contribution in [0.15, 0.2) is 64.8 Å². The Kier molecular flexibility index (Phi) is 7.97. The Balaban J connectivity index is 1.61. The van der Waals surface area contributed by atoms with E-state index in [1.165, 1.54) is 48.4 Å². The van der Waals surface area contributed by atoms with E-state index in [1.54, 1.807) is 12.1 Å². The van der Waals surface area contributed by atoms with Crippen LogP contribution in [-0.4, -0.2) is 35.0 Å². The summed E-state index contributed by atoms with van der Waals surface area (Å²) in [7, 11) is -3.86. The number of anilines is 2. The van der Waals surface area contributed by atoms with E-state index in [2.05, 4.69) is 44.9 Å². The maximum absolute atomic E-state index is 12.4. The van der Waals surface area contributed by atoms with Gasteiger partial charge < -0.3 is 5.32 Å². The molecule has 0 spiro atoms. The average molecular weight is 483 g/mol. The molecule has 3 aromatic rings. The number of carbonyl (C=O) groups excluding carboxylic acids is 1. The number of carbonyl (C=O) groups is 1. The van der Waals surface area contributed by atoms with E-state index in [1.807, 2.05) is 6.07 Å². The molecule has 0 radical (unpaired) electrons. The van der Waals surface area contributed by atoms with Crippen LogP contribution in [0.2, 0.25) is 0 Å². The monoisotopic (exact) mass is 482 g/mol. The molecule has 0 fully saturated rings. The van der Waals surface area contributed by atoms with Gasteiger partial charge in [-0.3, -0.25) is 4.79 Å². The Hall–Kier alpha value is -3.49. The van der Waals surface area contributed by atoms with E-state index in [4.69, 9.17) is 0 Å². The highest BCUT2D eigenvalue weighted by atomic mass is 32.2. The summed E-state index contributed by atoms with van der Waals surface area (Å²) in [5.74, 6) is 0.148. The third-order valence-electron chi connectivity index (χ3n) is 4.24. The van der Waals surface area contributed by atoms with Crippen molar-refractivity contribution in [2.75, 3.05) is 15.8 Å². The van der Waals surface area contributed by atoms with Crippen LogP contribution in [0.25, 0.3) is 0 Å². The van der Waals surface area contributed by atoms with E-state index in [-0.39, 0.29) is 22.5 Å². The molecule has 0 saturated carbocycles. The first kappa shape index (κ1) is 24.2. The molecule has 33 heavy (non-hydrogen) atoms. The van der Waals surface area contributed by atoms with Crippen molar-refractivity contribution in [3.05, 3.63) is 66.1 Å². The topological polar surface area (TPSA) is 138 Å². The molecule has 11 heteroatoms. The quantitative estimate of drug-likeness (QED) is 0.442. The summed E-state index contributed by atoms with van der Waals surface area (Å²) < 4.78 is 27.2. The van der Waals surface area contributed by atoms with Crippen LogP contribution >= 0.6 is 11.8 Å². The Labute approximate surface area is 196 Å². The molecule has 2 N–H and O–H groups in total. The summed E-state index contributed by atoms with van der Waals surface area (Å²) >= 11 is 1.18. The number of nitrogens with zero attached hydrogens (tertiary/aromatic N) is 4. The number of rotatable bonds is 9. The highest BCUT2D eigenvalue weighted by Crippen LogP contribution is 2.22. The standard InChI is InChI=1S/C22H22N6O3S2/c1-15(2)12-18-5-4-16(13-23)21(27-18)32-14-20(29)26-17-6-8-19(9-7-17)33(30,31)28-22-24-10-3-11-25-22/h3-11,15H,12,14H2,1-2H3,(H,26,29)(H,24,25,28). The number of benzene rings is 1. The fourth-order valence-electron chi connectivity index (χ4n) is 2.79. The number of thioether (sulfide) groups is 1. The van der Waals surface area contributed by atoms with Gasteiger partial charge in [0.2, 0.25) is 11.9 Å². The second-order valence-corrected chi connectivity index (χ2v) is 10.1. The zero-order valence-electron chi connectivity index (χ0n) is 18.0. The molecular weight excluding hydrogens is 460 g/mol. The minimum atomic E-state index is -3.86. The normalized spacial score (nSPS) is 11.1. The van der Waals surface area contributed by atoms with Gasteiger partial charge in [0.1, 0.15) is 11.1 Å². The number of nitrogens with one attached hydrogen (secondary N) is 2. The van der Waals surface area contributed by atoms with Gasteiger partial charge in [-0.05, 0) is 54.8 Å². The van der Waals surface area contributed by atoms with Gasteiger partial charge in [-0.25, -0.2) is 28.1 Å². The van der Waals surface area contributed by atoms with Gasteiger partial charge in [-0.2, -0.15) is 5.26 Å². The van der Waals surface area contributed by atoms with Gasteiger partial charge in [0.15, 0.2) is 0 Å². The number of hydrogen-bond donors (Lipinski definition) is 2. The Morgan fingerprint density at radius 3 is 2.45 bits per heavy atom. The summed E-state index contributed by atoms with van der Waals surface area (Å²) in [6, 6.07) is 13.0. The van der Waals surface area contributed by atoms with E-state index >= 15 is 0 Å². The number of hydrogen-bond acceptors (Lipinski definition) is 8. The average Bonchev–Trinajstić information content (AvgIpc) is 2.78. The molecule has 0 bridgehead atoms. The van der Waals surface area contributed by atoms with Crippen LogP contribution in [0, 0.1) is 17.2 Å². The van der Waals surface area contributed by atoms with Crippen molar-refractivity contribution < 1.29 is 13.2 Å². The zero-order chi connectivity index (χ0) is 23.8. The van der Waals surface area contributed by atoms with Crippen molar-refractivity contribution >= 4 is 39.3 Å². The number of pyridine rings is 1. The molecule has 0 aliphatic rings. The Morgan fingerprint density at radius 2 is 1.82 bits per heavy atom. The van der Waals surface area contributed by atoms with E-state index in [0.717, 1.165) is 12.1 Å². The molecule has 0 unspecified atom stereocenters. The minimum absolute atomic E-state index is 0.00663. The van der Waals surface area contributed by atoms with Crippen LogP contribution in [0.4, 0.5) is 11.6 Å². The van der Waals surface area contributed by atoms with Gasteiger partial charge in [0.25, 0.3) is 10.0 Å². The van der Waals surface area contributed by atoms with Crippen LogP contribution < -0.4 is 10.0 Å². The SMILES string of the molecule is CC(C)Cc1ccc(C#N)c(SCC(=O)Nc2ccc(S(=O)(=O)Nc3ncccn3)cc2)n1. The second-order valence-electron chi connectivity index (χ2n) is 7.40. The lowest BCUT2D eigenvalue weighted by atomic mass is 10.1. The third kappa shape index (κ3) is 7.00. The fraction of sp³-hybridized carbons (Fsp3) is 0.227. The van der Waals surface area contributed by atoms with Crippen LogP contribution in [0.1, 0.15) is 25.1 Å². The predicted octanol–water partition coefficient (Wildman–Crippen LogP) is 3.47. The van der Waals surface area contributed by atoms with Crippen molar-refractivity contribution in [2.24, 2.45) is 5.92 Å². The number of aromatic nitrogens is 3. The number of amides is 1. The molecule has 9 nitrogen and oxygen atoms in total. The smallest absolute Gasteiger partial charge is 0.264 e. The minimum Gasteiger partial charge on any atom is -0.325 e. The molecule has 0 aliphatic heterocycles. The Morgan fingerprint density at radius 1 is 1.12 bits per heavy atom. The lowest BCUT2D eigenvalue weighted by Gasteiger charge is -2.10. The van der Waals surface area contributed by atoms with E-state index < -0.39 is 10.0 Å². The maximum Gasteiger partial charge on any atom is 0.264 e. The molecule has 0 saturated heterocycles. The zero-order valence-corrected chi connectivity index (χ0v) is 19.7. The fourth-order valence-corrected chi connectivity index (χ4v) is 4.53. The number of sulfonamides is 1. The van der Waals surface area contributed by atoms with Gasteiger partial charge in [0, 0.05) is 23.8 Å². The third-order valence-corrected chi connectivity index (χ3v) is 6.57. The lowest BCUT2D eigenvalue weighted by molar-refractivity contribution is -0.113. The molecular formula is C22H22N6O3S2. The predicted molar refractivity (Wildman–Crippen MR) is 126 cm³/mol.